The molecule has 0 fully saturated rings. The van der Waals surface area contributed by atoms with Crippen LogP contribution in [0.4, 0.5) is 0 Å². The summed E-state index contributed by atoms with van der Waals surface area (Å²) in [4.78, 5) is 25.9. The number of nitrogens with zero attached hydrogens (tertiary/aromatic N) is 5. The molecule has 0 aliphatic carbocycles. The number of hydrogen-bond donors (Lipinski definition) is 0. The van der Waals surface area contributed by atoms with Gasteiger partial charge in [-0.2, -0.15) is 0 Å². The first-order valence-electron chi connectivity index (χ1n) is 7.35. The molecule has 3 heterocycles. The molecule has 3 aromatic heterocycles. The van der Waals surface area contributed by atoms with Gasteiger partial charge in [0.05, 0.1) is 16.5 Å². The van der Waals surface area contributed by atoms with Crippen LogP contribution in [-0.4, -0.2) is 34.4 Å². The molecule has 1 atom stereocenters. The minimum Gasteiger partial charge on any atom is -0.269 e. The lowest BCUT2D eigenvalue weighted by atomic mass is 10.3. The maximum atomic E-state index is 13.0. The van der Waals surface area contributed by atoms with E-state index in [2.05, 4.69) is 15.0 Å². The van der Waals surface area contributed by atoms with Gasteiger partial charge in [-0.1, -0.05) is 23.7 Å². The fraction of sp³-hybridized carbons (Fsp3) is 0.125. The molecule has 126 valence electrons. The highest BCUT2D eigenvalue weighted by Crippen LogP contribution is 2.21. The summed E-state index contributed by atoms with van der Waals surface area (Å²) >= 11 is 6.27. The largest absolute Gasteiger partial charge is 0.270 e. The first-order valence-corrected chi connectivity index (χ1v) is 9.45. The first-order chi connectivity index (χ1) is 12.1. The van der Waals surface area contributed by atoms with Crippen molar-refractivity contribution in [3.05, 3.63) is 64.1 Å². The highest BCUT2D eigenvalue weighted by atomic mass is 35.5. The van der Waals surface area contributed by atoms with Crippen molar-refractivity contribution >= 4 is 39.2 Å². The van der Waals surface area contributed by atoms with E-state index in [1.54, 1.807) is 47.3 Å². The molecule has 4 aromatic rings. The number of halogens is 1. The Morgan fingerprint density at radius 3 is 2.80 bits per heavy atom. The third-order valence-electron chi connectivity index (χ3n) is 3.73. The third kappa shape index (κ3) is 2.63. The molecule has 0 N–H and O–H groups in total. The topological polar surface area (TPSA) is 82.1 Å². The molecule has 25 heavy (non-hydrogen) atoms. The number of fused-ring (bicyclic) bond motifs is 3. The van der Waals surface area contributed by atoms with Crippen molar-refractivity contribution in [3.63, 3.8) is 0 Å². The van der Waals surface area contributed by atoms with Gasteiger partial charge in [0.25, 0.3) is 5.56 Å². The van der Waals surface area contributed by atoms with Crippen LogP contribution in [0.15, 0.2) is 47.7 Å². The van der Waals surface area contributed by atoms with Gasteiger partial charge >= 0.3 is 0 Å². The smallest absolute Gasteiger partial charge is 0.269 e. The van der Waals surface area contributed by atoms with Crippen molar-refractivity contribution in [2.75, 3.05) is 6.26 Å². The fourth-order valence-electron chi connectivity index (χ4n) is 2.68. The SMILES string of the molecule is CS(=O)Cc1ncc2c(=O)n(-c3ccccc3Cl)c3nccn3c2n1. The summed E-state index contributed by atoms with van der Waals surface area (Å²) in [7, 11) is -1.08. The molecule has 4 rings (SSSR count). The Bertz CT molecular complexity index is 1200. The summed E-state index contributed by atoms with van der Waals surface area (Å²) in [5.41, 5.74) is 0.647. The summed E-state index contributed by atoms with van der Waals surface area (Å²) in [6.45, 7) is 0. The summed E-state index contributed by atoms with van der Waals surface area (Å²) in [5, 5.41) is 0.767. The molecule has 1 aromatic carbocycles. The molecule has 0 saturated heterocycles. The van der Waals surface area contributed by atoms with Gasteiger partial charge in [-0.3, -0.25) is 13.4 Å². The van der Waals surface area contributed by atoms with Gasteiger partial charge in [-0.25, -0.2) is 19.5 Å². The van der Waals surface area contributed by atoms with Gasteiger partial charge in [0, 0.05) is 35.6 Å². The standard InChI is InChI=1S/C16H12ClN5O2S/c1-25(24)9-13-19-8-10-14(20-13)21-7-6-18-16(21)22(15(10)23)12-5-3-2-4-11(12)17/h2-8H,9H2,1H3. The van der Waals surface area contributed by atoms with E-state index >= 15 is 0 Å². The Kier molecular flexibility index (Phi) is 3.85. The van der Waals surface area contributed by atoms with Gasteiger partial charge in [0.1, 0.15) is 11.2 Å². The van der Waals surface area contributed by atoms with E-state index in [4.69, 9.17) is 11.6 Å². The minimum atomic E-state index is -1.08. The Morgan fingerprint density at radius 2 is 2.04 bits per heavy atom. The highest BCUT2D eigenvalue weighted by molar-refractivity contribution is 7.83. The predicted molar refractivity (Wildman–Crippen MR) is 96.7 cm³/mol. The van der Waals surface area contributed by atoms with Crippen molar-refractivity contribution in [1.29, 1.82) is 0 Å². The number of hydrogen-bond acceptors (Lipinski definition) is 5. The van der Waals surface area contributed by atoms with Crippen molar-refractivity contribution in [3.8, 4) is 5.69 Å². The Morgan fingerprint density at radius 1 is 1.24 bits per heavy atom. The fourth-order valence-corrected chi connectivity index (χ4v) is 3.40. The molecule has 0 saturated carbocycles. The van der Waals surface area contributed by atoms with E-state index in [0.29, 0.717) is 33.3 Å². The highest BCUT2D eigenvalue weighted by Gasteiger charge is 2.17. The molecular formula is C16H12ClN5O2S. The van der Waals surface area contributed by atoms with Crippen molar-refractivity contribution in [2.45, 2.75) is 5.75 Å². The van der Waals surface area contributed by atoms with Crippen molar-refractivity contribution in [2.24, 2.45) is 0 Å². The van der Waals surface area contributed by atoms with E-state index in [9.17, 15) is 9.00 Å². The van der Waals surface area contributed by atoms with Crippen LogP contribution in [0.25, 0.3) is 22.5 Å². The summed E-state index contributed by atoms with van der Waals surface area (Å²) in [6.07, 6.45) is 6.33. The van der Waals surface area contributed by atoms with E-state index in [1.807, 2.05) is 0 Å². The zero-order valence-corrected chi connectivity index (χ0v) is 14.7. The van der Waals surface area contributed by atoms with Crippen LogP contribution in [-0.2, 0) is 16.6 Å². The van der Waals surface area contributed by atoms with Crippen molar-refractivity contribution in [1.82, 2.24) is 23.9 Å². The second kappa shape index (κ2) is 6.05. The molecule has 0 radical (unpaired) electrons. The van der Waals surface area contributed by atoms with Gasteiger partial charge in [-0.15, -0.1) is 0 Å². The second-order valence-electron chi connectivity index (χ2n) is 5.43. The molecule has 7 nitrogen and oxygen atoms in total. The van der Waals surface area contributed by atoms with Gasteiger partial charge in [0.15, 0.2) is 5.65 Å². The molecule has 1 unspecified atom stereocenters. The third-order valence-corrected chi connectivity index (χ3v) is 4.71. The lowest BCUT2D eigenvalue weighted by Gasteiger charge is -2.11. The molecule has 0 aliphatic rings. The molecular weight excluding hydrogens is 362 g/mol. The summed E-state index contributed by atoms with van der Waals surface area (Å²) in [6, 6.07) is 7.05. The number of para-hydroxylation sites is 1. The number of rotatable bonds is 3. The minimum absolute atomic E-state index is 0.222. The average Bonchev–Trinajstić information content (AvgIpc) is 3.05. The van der Waals surface area contributed by atoms with Gasteiger partial charge in [-0.05, 0) is 12.1 Å². The number of imidazole rings is 1. The van der Waals surface area contributed by atoms with Crippen LogP contribution in [0.5, 0.6) is 0 Å². The van der Waals surface area contributed by atoms with Crippen molar-refractivity contribution < 1.29 is 4.21 Å². The maximum Gasteiger partial charge on any atom is 0.270 e. The predicted octanol–water partition coefficient (Wildman–Crippen LogP) is 1.96. The van der Waals surface area contributed by atoms with Crippen LogP contribution in [0.2, 0.25) is 5.02 Å². The summed E-state index contributed by atoms with van der Waals surface area (Å²) < 4.78 is 14.6. The monoisotopic (exact) mass is 373 g/mol. The Labute approximate surface area is 149 Å². The number of aromatic nitrogens is 5. The quantitative estimate of drug-likeness (QED) is 0.548. The normalized spacial score (nSPS) is 12.7. The molecule has 0 amide bonds. The molecule has 0 spiro atoms. The van der Waals surface area contributed by atoms with Crippen LogP contribution in [0.1, 0.15) is 5.82 Å². The van der Waals surface area contributed by atoms with Gasteiger partial charge < -0.3 is 0 Å². The maximum absolute atomic E-state index is 13.0. The Balaban J connectivity index is 2.11. The van der Waals surface area contributed by atoms with E-state index in [0.717, 1.165) is 0 Å². The zero-order chi connectivity index (χ0) is 17.6. The average molecular weight is 374 g/mol. The Hall–Kier alpha value is -2.58. The van der Waals surface area contributed by atoms with Gasteiger partial charge in [0.2, 0.25) is 5.78 Å². The first kappa shape index (κ1) is 15.9. The van der Waals surface area contributed by atoms with E-state index in [1.165, 1.54) is 10.8 Å². The van der Waals surface area contributed by atoms with Crippen LogP contribution in [0, 0.1) is 0 Å². The molecule has 0 aliphatic heterocycles. The van der Waals surface area contributed by atoms with E-state index in [-0.39, 0.29) is 11.3 Å². The van der Waals surface area contributed by atoms with Crippen LogP contribution >= 0.6 is 11.6 Å². The lowest BCUT2D eigenvalue weighted by Crippen LogP contribution is -2.23. The summed E-state index contributed by atoms with van der Waals surface area (Å²) in [5.74, 6) is 1.03. The number of benzene rings is 1. The second-order valence-corrected chi connectivity index (χ2v) is 7.27. The molecule has 9 heteroatoms. The zero-order valence-electron chi connectivity index (χ0n) is 13.1. The lowest BCUT2D eigenvalue weighted by molar-refractivity contribution is 0.685. The van der Waals surface area contributed by atoms with Crippen LogP contribution < -0.4 is 5.56 Å². The molecule has 0 bridgehead atoms. The van der Waals surface area contributed by atoms with Crippen LogP contribution in [0.3, 0.4) is 0 Å². The van der Waals surface area contributed by atoms with E-state index < -0.39 is 10.8 Å².